The molecule has 0 aliphatic rings. The second-order valence-electron chi connectivity index (χ2n) is 4.08. The van der Waals surface area contributed by atoms with Crippen molar-refractivity contribution in [3.63, 3.8) is 0 Å². The van der Waals surface area contributed by atoms with Gasteiger partial charge in [-0.05, 0) is 18.6 Å². The molecular weight excluding hydrogens is 251 g/mol. The van der Waals surface area contributed by atoms with Gasteiger partial charge in [-0.25, -0.2) is 9.37 Å². The van der Waals surface area contributed by atoms with E-state index in [-0.39, 0.29) is 17.9 Å². The van der Waals surface area contributed by atoms with E-state index in [9.17, 15) is 14.0 Å². The highest BCUT2D eigenvalue weighted by Crippen LogP contribution is 2.08. The molecule has 0 aliphatic carbocycles. The monoisotopic (exact) mass is 264 g/mol. The summed E-state index contributed by atoms with van der Waals surface area (Å²) in [7, 11) is 1.32. The maximum absolute atomic E-state index is 13.0. The summed E-state index contributed by atoms with van der Waals surface area (Å²) in [6, 6.07) is 3.86. The Morgan fingerprint density at radius 1 is 1.47 bits per heavy atom. The summed E-state index contributed by atoms with van der Waals surface area (Å²) in [6.45, 7) is 0.369. The van der Waals surface area contributed by atoms with Crippen molar-refractivity contribution >= 4 is 16.9 Å². The number of rotatable bonds is 4. The number of esters is 1. The standard InChI is InChI=1S/C13H13FN2O3/c1-19-12(17)3-2-6-16-8-15-11-7-9(14)4-5-10(11)13(16)18/h4-5,7-8H,2-3,6H2,1H3. The van der Waals surface area contributed by atoms with Gasteiger partial charge in [-0.1, -0.05) is 0 Å². The van der Waals surface area contributed by atoms with Gasteiger partial charge in [0.25, 0.3) is 5.56 Å². The number of benzene rings is 1. The zero-order chi connectivity index (χ0) is 13.8. The van der Waals surface area contributed by atoms with Gasteiger partial charge in [0.05, 0.1) is 24.3 Å². The molecule has 0 atom stereocenters. The van der Waals surface area contributed by atoms with E-state index >= 15 is 0 Å². The first-order chi connectivity index (χ1) is 9.11. The van der Waals surface area contributed by atoms with Crippen LogP contribution >= 0.6 is 0 Å². The normalized spacial score (nSPS) is 10.6. The van der Waals surface area contributed by atoms with Crippen LogP contribution in [0.15, 0.2) is 29.3 Å². The quantitative estimate of drug-likeness (QED) is 0.785. The van der Waals surface area contributed by atoms with Gasteiger partial charge in [-0.15, -0.1) is 0 Å². The SMILES string of the molecule is COC(=O)CCCn1cnc2cc(F)ccc2c1=O. The lowest BCUT2D eigenvalue weighted by Crippen LogP contribution is -2.21. The number of carbonyl (C=O) groups excluding carboxylic acids is 1. The predicted molar refractivity (Wildman–Crippen MR) is 67.2 cm³/mol. The zero-order valence-corrected chi connectivity index (χ0v) is 10.4. The number of fused-ring (bicyclic) bond motifs is 1. The molecule has 1 aromatic heterocycles. The van der Waals surface area contributed by atoms with Crippen molar-refractivity contribution in [2.45, 2.75) is 19.4 Å². The largest absolute Gasteiger partial charge is 0.469 e. The van der Waals surface area contributed by atoms with Crippen LogP contribution in [0, 0.1) is 5.82 Å². The number of hydrogen-bond donors (Lipinski definition) is 0. The molecule has 19 heavy (non-hydrogen) atoms. The molecule has 6 heteroatoms. The summed E-state index contributed by atoms with van der Waals surface area (Å²) in [5.74, 6) is -0.744. The molecule has 0 fully saturated rings. The van der Waals surface area contributed by atoms with Crippen molar-refractivity contribution < 1.29 is 13.9 Å². The van der Waals surface area contributed by atoms with E-state index in [2.05, 4.69) is 9.72 Å². The van der Waals surface area contributed by atoms with Crippen LogP contribution in [0.5, 0.6) is 0 Å². The predicted octanol–water partition coefficient (Wildman–Crippen LogP) is 1.49. The van der Waals surface area contributed by atoms with E-state index in [0.29, 0.717) is 23.9 Å². The first-order valence-electron chi connectivity index (χ1n) is 5.83. The maximum Gasteiger partial charge on any atom is 0.305 e. The van der Waals surface area contributed by atoms with Gasteiger partial charge in [0, 0.05) is 19.0 Å². The van der Waals surface area contributed by atoms with Gasteiger partial charge in [0.2, 0.25) is 0 Å². The number of hydrogen-bond acceptors (Lipinski definition) is 4. The molecule has 0 radical (unpaired) electrons. The average molecular weight is 264 g/mol. The van der Waals surface area contributed by atoms with Crippen LogP contribution in [-0.4, -0.2) is 22.6 Å². The van der Waals surface area contributed by atoms with Crippen LogP contribution in [0.25, 0.3) is 10.9 Å². The van der Waals surface area contributed by atoms with Crippen LogP contribution in [0.3, 0.4) is 0 Å². The molecule has 0 unspecified atom stereocenters. The van der Waals surface area contributed by atoms with E-state index in [1.54, 1.807) is 0 Å². The maximum atomic E-state index is 13.0. The summed E-state index contributed by atoms with van der Waals surface area (Å²) in [6.07, 6.45) is 2.09. The van der Waals surface area contributed by atoms with E-state index in [1.807, 2.05) is 0 Å². The Kier molecular flexibility index (Phi) is 3.89. The Hall–Kier alpha value is -2.24. The molecular formula is C13H13FN2O3. The van der Waals surface area contributed by atoms with Crippen LogP contribution < -0.4 is 5.56 Å². The van der Waals surface area contributed by atoms with Crippen molar-refractivity contribution in [1.82, 2.24) is 9.55 Å². The Labute approximate surface area is 108 Å². The average Bonchev–Trinajstić information content (AvgIpc) is 2.41. The fraction of sp³-hybridized carbons (Fsp3) is 0.308. The number of halogens is 1. The Morgan fingerprint density at radius 3 is 3.00 bits per heavy atom. The topological polar surface area (TPSA) is 61.2 Å². The van der Waals surface area contributed by atoms with Gasteiger partial charge in [0.1, 0.15) is 5.82 Å². The number of aromatic nitrogens is 2. The lowest BCUT2D eigenvalue weighted by Gasteiger charge is -2.06. The Bertz CT molecular complexity index is 666. The number of aryl methyl sites for hydroxylation is 1. The lowest BCUT2D eigenvalue weighted by atomic mass is 10.2. The summed E-state index contributed by atoms with van der Waals surface area (Å²) in [5.41, 5.74) is 0.0871. The number of ether oxygens (including phenoxy) is 1. The molecule has 5 nitrogen and oxygen atoms in total. The summed E-state index contributed by atoms with van der Waals surface area (Å²) < 4.78 is 18.9. The van der Waals surface area contributed by atoms with E-state index < -0.39 is 5.82 Å². The molecule has 0 bridgehead atoms. The minimum Gasteiger partial charge on any atom is -0.469 e. The van der Waals surface area contributed by atoms with Crippen LogP contribution in [0.4, 0.5) is 4.39 Å². The number of carbonyl (C=O) groups is 1. The summed E-state index contributed by atoms with van der Waals surface area (Å²) in [4.78, 5) is 27.1. The molecule has 0 aliphatic heterocycles. The van der Waals surface area contributed by atoms with Crippen LogP contribution in [-0.2, 0) is 16.1 Å². The molecule has 0 saturated carbocycles. The summed E-state index contributed by atoms with van der Waals surface area (Å²) in [5, 5.41) is 0.363. The molecule has 0 spiro atoms. The highest BCUT2D eigenvalue weighted by atomic mass is 19.1. The smallest absolute Gasteiger partial charge is 0.305 e. The molecule has 1 heterocycles. The number of methoxy groups -OCH3 is 1. The molecule has 1 aromatic carbocycles. The fourth-order valence-electron chi connectivity index (χ4n) is 1.79. The van der Waals surface area contributed by atoms with E-state index in [1.165, 1.54) is 36.2 Å². The third-order valence-electron chi connectivity index (χ3n) is 2.79. The molecule has 2 rings (SSSR count). The van der Waals surface area contributed by atoms with Crippen LogP contribution in [0.1, 0.15) is 12.8 Å². The second-order valence-corrected chi connectivity index (χ2v) is 4.08. The molecule has 0 N–H and O–H groups in total. The van der Waals surface area contributed by atoms with Crippen molar-refractivity contribution in [2.75, 3.05) is 7.11 Å². The van der Waals surface area contributed by atoms with Gasteiger partial charge >= 0.3 is 5.97 Å². The third kappa shape index (κ3) is 2.96. The van der Waals surface area contributed by atoms with Crippen molar-refractivity contribution in [2.24, 2.45) is 0 Å². The highest BCUT2D eigenvalue weighted by Gasteiger charge is 2.06. The second kappa shape index (κ2) is 5.60. The fourth-order valence-corrected chi connectivity index (χ4v) is 1.79. The molecule has 100 valence electrons. The first kappa shape index (κ1) is 13.2. The van der Waals surface area contributed by atoms with Gasteiger partial charge in [-0.2, -0.15) is 0 Å². The van der Waals surface area contributed by atoms with Crippen molar-refractivity contribution in [3.05, 3.63) is 40.7 Å². The van der Waals surface area contributed by atoms with Gasteiger partial charge in [0.15, 0.2) is 0 Å². The molecule has 0 amide bonds. The van der Waals surface area contributed by atoms with Crippen molar-refractivity contribution in [3.8, 4) is 0 Å². The zero-order valence-electron chi connectivity index (χ0n) is 10.4. The number of nitrogens with zero attached hydrogens (tertiary/aromatic N) is 2. The van der Waals surface area contributed by atoms with E-state index in [4.69, 9.17) is 0 Å². The van der Waals surface area contributed by atoms with Crippen LogP contribution in [0.2, 0.25) is 0 Å². The van der Waals surface area contributed by atoms with Crippen molar-refractivity contribution in [1.29, 1.82) is 0 Å². The third-order valence-corrected chi connectivity index (χ3v) is 2.79. The highest BCUT2D eigenvalue weighted by molar-refractivity contribution is 5.77. The van der Waals surface area contributed by atoms with Gasteiger partial charge < -0.3 is 4.74 Å². The lowest BCUT2D eigenvalue weighted by molar-refractivity contribution is -0.140. The Balaban J connectivity index is 2.21. The van der Waals surface area contributed by atoms with E-state index in [0.717, 1.165) is 0 Å². The Morgan fingerprint density at radius 2 is 2.26 bits per heavy atom. The van der Waals surface area contributed by atoms with Gasteiger partial charge in [-0.3, -0.25) is 14.2 Å². The summed E-state index contributed by atoms with van der Waals surface area (Å²) >= 11 is 0. The minimum atomic E-state index is -0.428. The molecule has 0 saturated heterocycles. The minimum absolute atomic E-state index is 0.240. The molecule has 2 aromatic rings. The first-order valence-corrected chi connectivity index (χ1v) is 5.83.